The second-order valence-electron chi connectivity index (χ2n) is 6.70. The van der Waals surface area contributed by atoms with Gasteiger partial charge in [-0.2, -0.15) is 5.26 Å². The van der Waals surface area contributed by atoms with Crippen LogP contribution in [0.1, 0.15) is 26.0 Å². The number of carbonyl (C=O) groups is 2. The minimum atomic E-state index is -3.79. The largest absolute Gasteiger partial charge is 0.457 e. The van der Waals surface area contributed by atoms with Crippen molar-refractivity contribution >= 4 is 27.9 Å². The smallest absolute Gasteiger partial charge is 0.271 e. The van der Waals surface area contributed by atoms with Gasteiger partial charge in [-0.15, -0.1) is 0 Å². The molecule has 0 radical (unpaired) electrons. The lowest BCUT2D eigenvalue weighted by molar-refractivity contribution is -0.140. The van der Waals surface area contributed by atoms with E-state index in [4.69, 9.17) is 9.56 Å². The van der Waals surface area contributed by atoms with E-state index in [-0.39, 0.29) is 22.6 Å². The lowest BCUT2D eigenvalue weighted by Crippen LogP contribution is -2.43. The molecule has 2 heterocycles. The third-order valence-corrected chi connectivity index (χ3v) is 5.58. The maximum Gasteiger partial charge on any atom is 0.271 e. The molecule has 0 aliphatic carbocycles. The molecule has 3 rings (SSSR count). The monoisotopic (exact) mass is 425 g/mol. The zero-order valence-electron chi connectivity index (χ0n) is 16.4. The topological polar surface area (TPSA) is 134 Å². The highest BCUT2D eigenvalue weighted by molar-refractivity contribution is 7.89. The zero-order valence-corrected chi connectivity index (χ0v) is 17.2. The first-order chi connectivity index (χ1) is 14.2. The number of rotatable bonds is 5. The number of nitrogens with two attached hydrogens (primary N) is 1. The summed E-state index contributed by atoms with van der Waals surface area (Å²) in [5.74, 6) is -0.260. The van der Waals surface area contributed by atoms with Gasteiger partial charge in [0, 0.05) is 17.7 Å². The number of furan rings is 1. The Bertz CT molecular complexity index is 1230. The third kappa shape index (κ3) is 3.96. The van der Waals surface area contributed by atoms with E-state index in [0.717, 1.165) is 4.90 Å². The number of benzene rings is 1. The molecule has 2 N–H and O–H groups in total. The minimum absolute atomic E-state index is 0.0153. The lowest BCUT2D eigenvalue weighted by atomic mass is 9.94. The summed E-state index contributed by atoms with van der Waals surface area (Å²) in [5.41, 5.74) is 1.06. The molecule has 2 amide bonds. The Morgan fingerprint density at radius 2 is 1.80 bits per heavy atom. The number of nitriles is 1. The van der Waals surface area contributed by atoms with E-state index in [0.29, 0.717) is 29.1 Å². The van der Waals surface area contributed by atoms with Crippen molar-refractivity contribution in [2.75, 3.05) is 6.54 Å². The van der Waals surface area contributed by atoms with Crippen LogP contribution in [0.4, 0.5) is 0 Å². The third-order valence-electron chi connectivity index (χ3n) is 4.65. The molecule has 0 saturated carbocycles. The summed E-state index contributed by atoms with van der Waals surface area (Å²) in [5, 5.41) is 14.5. The van der Waals surface area contributed by atoms with Crippen LogP contribution in [0.3, 0.4) is 0 Å². The van der Waals surface area contributed by atoms with Crippen LogP contribution in [-0.4, -0.2) is 31.7 Å². The van der Waals surface area contributed by atoms with Crippen molar-refractivity contribution in [2.24, 2.45) is 5.14 Å². The molecule has 9 heteroatoms. The average molecular weight is 425 g/mol. The van der Waals surface area contributed by atoms with Crippen molar-refractivity contribution < 1.29 is 22.4 Å². The molecule has 0 atom stereocenters. The fraction of sp³-hybridized carbons (Fsp3) is 0.190. The van der Waals surface area contributed by atoms with Crippen LogP contribution >= 0.6 is 0 Å². The maximum absolute atomic E-state index is 12.8. The van der Waals surface area contributed by atoms with Crippen molar-refractivity contribution in [3.8, 4) is 17.4 Å². The first kappa shape index (κ1) is 21.2. The molecule has 0 fully saturated rings. The summed E-state index contributed by atoms with van der Waals surface area (Å²) < 4.78 is 28.5. The minimum Gasteiger partial charge on any atom is -0.457 e. The van der Waals surface area contributed by atoms with E-state index in [1.807, 2.05) is 13.0 Å². The number of carbonyl (C=O) groups excluding carboxylic acids is 2. The molecule has 8 nitrogen and oxygen atoms in total. The Hall–Kier alpha value is -3.48. The number of amides is 2. The highest BCUT2D eigenvalue weighted by Gasteiger charge is 2.35. The Kier molecular flexibility index (Phi) is 5.73. The molecule has 1 aromatic carbocycles. The normalized spacial score (nSPS) is 16.3. The summed E-state index contributed by atoms with van der Waals surface area (Å²) >= 11 is 0. The molecule has 154 valence electrons. The SMILES string of the molecule is CCCN1C(=O)C(C#N)=C(C)/C(=C\c2ccc(-c3ccc(S(N)(=O)=O)cc3)o2)C1=O. The second kappa shape index (κ2) is 8.10. The van der Waals surface area contributed by atoms with Gasteiger partial charge in [-0.1, -0.05) is 6.92 Å². The van der Waals surface area contributed by atoms with Crippen LogP contribution in [0.15, 0.2) is 62.4 Å². The van der Waals surface area contributed by atoms with Crippen LogP contribution in [0.25, 0.3) is 17.4 Å². The Morgan fingerprint density at radius 1 is 1.13 bits per heavy atom. The number of hydrogen-bond acceptors (Lipinski definition) is 6. The molecule has 30 heavy (non-hydrogen) atoms. The fourth-order valence-electron chi connectivity index (χ4n) is 3.09. The van der Waals surface area contributed by atoms with Crippen LogP contribution in [0.5, 0.6) is 0 Å². The van der Waals surface area contributed by atoms with E-state index in [1.165, 1.54) is 18.2 Å². The second-order valence-corrected chi connectivity index (χ2v) is 8.26. The Labute approximate surface area is 173 Å². The quantitative estimate of drug-likeness (QED) is 0.578. The van der Waals surface area contributed by atoms with Crippen LogP contribution in [0, 0.1) is 11.3 Å². The summed E-state index contributed by atoms with van der Waals surface area (Å²) in [4.78, 5) is 26.2. The van der Waals surface area contributed by atoms with E-state index < -0.39 is 21.8 Å². The molecule has 0 bridgehead atoms. The molecular weight excluding hydrogens is 406 g/mol. The van der Waals surface area contributed by atoms with Gasteiger partial charge in [0.15, 0.2) is 0 Å². The van der Waals surface area contributed by atoms with Crippen LogP contribution in [0.2, 0.25) is 0 Å². The highest BCUT2D eigenvalue weighted by Crippen LogP contribution is 2.29. The fourth-order valence-corrected chi connectivity index (χ4v) is 3.61. The Morgan fingerprint density at radius 3 is 2.37 bits per heavy atom. The summed E-state index contributed by atoms with van der Waals surface area (Å²) in [6.45, 7) is 3.60. The van der Waals surface area contributed by atoms with Crippen LogP contribution in [-0.2, 0) is 19.6 Å². The van der Waals surface area contributed by atoms with Gasteiger partial charge in [0.1, 0.15) is 23.2 Å². The van der Waals surface area contributed by atoms with Crippen molar-refractivity contribution in [3.05, 3.63) is 58.9 Å². The number of sulfonamides is 1. The van der Waals surface area contributed by atoms with Crippen molar-refractivity contribution in [3.63, 3.8) is 0 Å². The molecule has 2 aromatic rings. The van der Waals surface area contributed by atoms with Crippen molar-refractivity contribution in [2.45, 2.75) is 25.2 Å². The first-order valence-corrected chi connectivity index (χ1v) is 10.6. The van der Waals surface area contributed by atoms with Crippen molar-refractivity contribution in [1.82, 2.24) is 4.90 Å². The van der Waals surface area contributed by atoms with Crippen LogP contribution < -0.4 is 5.14 Å². The average Bonchev–Trinajstić information content (AvgIpc) is 3.17. The molecule has 1 aromatic heterocycles. The van der Waals surface area contributed by atoms with Gasteiger partial charge < -0.3 is 4.42 Å². The molecular formula is C21H19N3O5S. The van der Waals surface area contributed by atoms with Gasteiger partial charge in [-0.25, -0.2) is 13.6 Å². The predicted molar refractivity (Wildman–Crippen MR) is 109 cm³/mol. The number of primary sulfonamides is 1. The molecule has 0 spiro atoms. The van der Waals surface area contributed by atoms with Crippen molar-refractivity contribution in [1.29, 1.82) is 5.26 Å². The maximum atomic E-state index is 12.8. The molecule has 1 aliphatic rings. The van der Waals surface area contributed by atoms with Gasteiger partial charge in [-0.05, 0) is 61.4 Å². The Balaban J connectivity index is 1.98. The number of nitrogens with zero attached hydrogens (tertiary/aromatic N) is 2. The molecule has 1 aliphatic heterocycles. The zero-order chi connectivity index (χ0) is 22.1. The van der Waals surface area contributed by atoms with Gasteiger partial charge in [0.25, 0.3) is 11.8 Å². The highest BCUT2D eigenvalue weighted by atomic mass is 32.2. The summed E-state index contributed by atoms with van der Waals surface area (Å²) in [7, 11) is -3.79. The summed E-state index contributed by atoms with van der Waals surface area (Å²) in [6.07, 6.45) is 2.06. The summed E-state index contributed by atoms with van der Waals surface area (Å²) in [6, 6.07) is 11.1. The van der Waals surface area contributed by atoms with Gasteiger partial charge >= 0.3 is 0 Å². The standard InChI is InChI=1S/C21H19N3O5S/c1-3-10-24-20(25)17(13(2)18(12-22)21(24)26)11-15-6-9-19(29-15)14-4-7-16(8-5-14)30(23,27)28/h4-9,11H,3,10H2,1-2H3,(H2,23,27,28)/b17-11+. The van der Waals surface area contributed by atoms with Gasteiger partial charge in [0.2, 0.25) is 10.0 Å². The first-order valence-electron chi connectivity index (χ1n) is 9.09. The van der Waals surface area contributed by atoms with E-state index in [1.54, 1.807) is 31.2 Å². The molecule has 0 unspecified atom stereocenters. The molecule has 0 saturated heterocycles. The lowest BCUT2D eigenvalue weighted by Gasteiger charge is -2.26. The van der Waals surface area contributed by atoms with E-state index >= 15 is 0 Å². The number of hydrogen-bond donors (Lipinski definition) is 1. The van der Waals surface area contributed by atoms with Gasteiger partial charge in [0.05, 0.1) is 4.90 Å². The van der Waals surface area contributed by atoms with E-state index in [2.05, 4.69) is 0 Å². The van der Waals surface area contributed by atoms with E-state index in [9.17, 15) is 23.3 Å². The van der Waals surface area contributed by atoms with Gasteiger partial charge in [-0.3, -0.25) is 14.5 Å². The predicted octanol–water partition coefficient (Wildman–Crippen LogP) is 2.60. The number of imide groups is 1.